The molecule has 0 bridgehead atoms. The average molecular weight is 843 g/mol. The lowest BCUT2D eigenvalue weighted by atomic mass is 10.0. The number of ketones is 3. The van der Waals surface area contributed by atoms with Crippen molar-refractivity contribution in [3.8, 4) is 11.8 Å². The molecule has 11 nitrogen and oxygen atoms in total. The van der Waals surface area contributed by atoms with Gasteiger partial charge in [0.05, 0.1) is 21.4 Å². The molecule has 6 aromatic rings. The number of nitrogens with zero attached hydrogens (tertiary/aromatic N) is 4. The number of hydrogen-bond acceptors (Lipinski definition) is 9. The van der Waals surface area contributed by atoms with Gasteiger partial charge in [-0.05, 0) is 69.3 Å². The molecule has 0 aliphatic carbocycles. The van der Waals surface area contributed by atoms with E-state index in [1.165, 1.54) is 52.8 Å². The van der Waals surface area contributed by atoms with Gasteiger partial charge in [0.15, 0.2) is 12.4 Å². The maximum Gasteiger partial charge on any atom is 0.340 e. The van der Waals surface area contributed by atoms with Gasteiger partial charge in [-0.15, -0.1) is 0 Å². The molecular formula is C39H32Cl4N4O7S. The monoisotopic (exact) mass is 840 g/mol. The highest BCUT2D eigenvalue weighted by atomic mass is 35.5. The van der Waals surface area contributed by atoms with Crippen LogP contribution in [-0.2, 0) is 24.2 Å². The number of benzene rings is 4. The summed E-state index contributed by atoms with van der Waals surface area (Å²) in [4.78, 5) is 38.3. The molecule has 0 spiro atoms. The summed E-state index contributed by atoms with van der Waals surface area (Å²) in [7, 11) is -1.02. The van der Waals surface area contributed by atoms with Crippen LogP contribution in [0.3, 0.4) is 0 Å². The van der Waals surface area contributed by atoms with Crippen molar-refractivity contribution in [1.82, 2.24) is 19.6 Å². The second kappa shape index (κ2) is 17.2. The van der Waals surface area contributed by atoms with Crippen LogP contribution in [0.15, 0.2) is 95.9 Å². The molecule has 55 heavy (non-hydrogen) atoms. The van der Waals surface area contributed by atoms with Gasteiger partial charge in [0.2, 0.25) is 23.3 Å². The number of halogens is 4. The molecule has 6 rings (SSSR count). The normalized spacial score (nSPS) is 11.1. The van der Waals surface area contributed by atoms with E-state index in [1.807, 2.05) is 13.0 Å². The van der Waals surface area contributed by atoms with E-state index in [9.17, 15) is 22.8 Å². The zero-order valence-corrected chi connectivity index (χ0v) is 33.8. The molecule has 284 valence electrons. The van der Waals surface area contributed by atoms with Gasteiger partial charge in [-0.2, -0.15) is 18.6 Å². The fraction of sp³-hybridized carbons (Fsp3) is 0.154. The van der Waals surface area contributed by atoms with Crippen LogP contribution in [-0.4, -0.2) is 51.9 Å². The predicted octanol–water partition coefficient (Wildman–Crippen LogP) is 8.87. The predicted molar refractivity (Wildman–Crippen MR) is 211 cm³/mol. The van der Waals surface area contributed by atoms with Crippen molar-refractivity contribution in [2.45, 2.75) is 25.7 Å². The molecule has 16 heteroatoms. The van der Waals surface area contributed by atoms with Crippen molar-refractivity contribution >= 4 is 73.9 Å². The fourth-order valence-corrected chi connectivity index (χ4v) is 7.33. The van der Waals surface area contributed by atoms with Crippen LogP contribution in [0.5, 0.6) is 11.8 Å². The quantitative estimate of drug-likeness (QED) is 0.0925. The molecule has 4 aromatic carbocycles. The SMILES string of the molecule is Cc1ccc(S(=O)(=O)Oc2c(C(=O)c3ccc(Cl)cc3Cl)c(C)nn2C)cc1.Cc1nn(C)c(OCC(=O)c2ccccc2)c1C(=O)c1ccc(Cl)cc1Cl. The third-order valence-corrected chi connectivity index (χ3v) is 10.4. The van der Waals surface area contributed by atoms with Crippen LogP contribution in [0.4, 0.5) is 0 Å². The molecular weight excluding hydrogens is 810 g/mol. The molecule has 0 N–H and O–H groups in total. The van der Waals surface area contributed by atoms with E-state index in [4.69, 9.17) is 55.3 Å². The summed E-state index contributed by atoms with van der Waals surface area (Å²) in [6.45, 7) is 4.91. The molecule has 0 unspecified atom stereocenters. The van der Waals surface area contributed by atoms with Crippen LogP contribution < -0.4 is 8.92 Å². The minimum absolute atomic E-state index is 0.0161. The lowest BCUT2D eigenvalue weighted by Gasteiger charge is -2.10. The second-order valence-corrected chi connectivity index (χ2v) is 15.3. The van der Waals surface area contributed by atoms with Gasteiger partial charge >= 0.3 is 10.1 Å². The number of carbonyl (C=O) groups is 3. The van der Waals surface area contributed by atoms with E-state index in [-0.39, 0.29) is 67.1 Å². The topological polar surface area (TPSA) is 139 Å². The Morgan fingerprint density at radius 3 is 1.62 bits per heavy atom. The summed E-state index contributed by atoms with van der Waals surface area (Å²) in [6.07, 6.45) is 0. The Morgan fingerprint density at radius 1 is 0.655 bits per heavy atom. The first-order valence-corrected chi connectivity index (χ1v) is 19.2. The van der Waals surface area contributed by atoms with Gasteiger partial charge in [-0.1, -0.05) is 94.4 Å². The Hall–Kier alpha value is -4.98. The van der Waals surface area contributed by atoms with Crippen LogP contribution >= 0.6 is 46.4 Å². The van der Waals surface area contributed by atoms with Crippen molar-refractivity contribution in [3.63, 3.8) is 0 Å². The summed E-state index contributed by atoms with van der Waals surface area (Å²) in [5.41, 5.74) is 2.97. The Bertz CT molecular complexity index is 2540. The molecule has 0 saturated heterocycles. The van der Waals surface area contributed by atoms with Gasteiger partial charge in [-0.25, -0.2) is 9.36 Å². The number of aromatic nitrogens is 4. The number of hydrogen-bond donors (Lipinski definition) is 0. The van der Waals surface area contributed by atoms with Gasteiger partial charge < -0.3 is 8.92 Å². The Labute approximate surface area is 337 Å². The average Bonchev–Trinajstić information content (AvgIpc) is 3.57. The largest absolute Gasteiger partial charge is 0.469 e. The third-order valence-electron chi connectivity index (χ3n) is 8.08. The van der Waals surface area contributed by atoms with Gasteiger partial charge in [-0.3, -0.25) is 14.4 Å². The molecule has 0 aliphatic heterocycles. The number of carbonyl (C=O) groups excluding carboxylic acids is 3. The molecule has 0 aliphatic rings. The Morgan fingerprint density at radius 2 is 1.13 bits per heavy atom. The van der Waals surface area contributed by atoms with Crippen molar-refractivity contribution in [2.24, 2.45) is 14.1 Å². The second-order valence-electron chi connectivity index (χ2n) is 12.1. The zero-order valence-electron chi connectivity index (χ0n) is 29.9. The smallest absolute Gasteiger partial charge is 0.340 e. The summed E-state index contributed by atoms with van der Waals surface area (Å²) in [6, 6.07) is 24.1. The maximum atomic E-state index is 13.0. The van der Waals surface area contributed by atoms with Crippen LogP contribution in [0.1, 0.15) is 59.2 Å². The van der Waals surface area contributed by atoms with E-state index in [2.05, 4.69) is 10.2 Å². The first-order chi connectivity index (χ1) is 26.0. The van der Waals surface area contributed by atoms with Crippen LogP contribution in [0, 0.1) is 20.8 Å². The minimum atomic E-state index is -4.16. The van der Waals surface area contributed by atoms with Crippen molar-refractivity contribution in [3.05, 3.63) is 156 Å². The highest BCUT2D eigenvalue weighted by Gasteiger charge is 2.29. The minimum Gasteiger partial charge on any atom is -0.469 e. The van der Waals surface area contributed by atoms with Crippen molar-refractivity contribution in [1.29, 1.82) is 0 Å². The molecule has 0 amide bonds. The molecule has 0 fully saturated rings. The molecule has 0 saturated carbocycles. The van der Waals surface area contributed by atoms with Crippen LogP contribution in [0.2, 0.25) is 20.1 Å². The van der Waals surface area contributed by atoms with Crippen molar-refractivity contribution in [2.75, 3.05) is 6.61 Å². The molecule has 2 heterocycles. The van der Waals surface area contributed by atoms with E-state index in [1.54, 1.807) is 69.4 Å². The summed E-state index contributed by atoms with van der Waals surface area (Å²) < 4.78 is 39.0. The number of ether oxygens (including phenoxy) is 1. The van der Waals surface area contributed by atoms with E-state index >= 15 is 0 Å². The fourth-order valence-electron chi connectivity index (χ4n) is 5.37. The number of Topliss-reactive ketones (excluding diaryl/α,β-unsaturated/α-hetero) is 1. The summed E-state index contributed by atoms with van der Waals surface area (Å²) >= 11 is 24.1. The van der Waals surface area contributed by atoms with E-state index in [0.29, 0.717) is 27.0 Å². The number of rotatable bonds is 11. The number of aryl methyl sites for hydroxylation is 5. The maximum absolute atomic E-state index is 13.0. The zero-order chi connectivity index (χ0) is 40.2. The van der Waals surface area contributed by atoms with Crippen LogP contribution in [0.25, 0.3) is 0 Å². The van der Waals surface area contributed by atoms with Gasteiger partial charge in [0, 0.05) is 40.8 Å². The Balaban J connectivity index is 0.000000211. The van der Waals surface area contributed by atoms with E-state index in [0.717, 1.165) is 5.56 Å². The lowest BCUT2D eigenvalue weighted by molar-refractivity contribution is 0.0908. The molecule has 0 atom stereocenters. The first-order valence-electron chi connectivity index (χ1n) is 16.3. The summed E-state index contributed by atoms with van der Waals surface area (Å²) in [5.74, 6) is -1.02. The molecule has 0 radical (unpaired) electrons. The highest BCUT2D eigenvalue weighted by Crippen LogP contribution is 2.32. The van der Waals surface area contributed by atoms with E-state index < -0.39 is 15.9 Å². The first kappa shape index (κ1) is 41.2. The lowest BCUT2D eigenvalue weighted by Crippen LogP contribution is -2.15. The molecule has 2 aromatic heterocycles. The highest BCUT2D eigenvalue weighted by molar-refractivity contribution is 7.87. The van der Waals surface area contributed by atoms with Gasteiger partial charge in [0.1, 0.15) is 16.0 Å². The summed E-state index contributed by atoms with van der Waals surface area (Å²) in [5, 5.41) is 9.58. The standard InChI is InChI=1S/C20H16Cl2N2O3.C19H16Cl2N2O4S/c1-12-18(19(26)15-9-8-14(21)10-16(15)22)20(24(2)23-12)27-11-17(25)13-6-4-3-5-7-13;1-11-4-7-14(8-5-11)28(25,26)27-19-17(12(2)22-23(19)3)18(24)15-9-6-13(20)10-16(15)21/h3-10H,11H2,1-2H3;4-10H,1-3H3. The Kier molecular flexibility index (Phi) is 12.9. The third kappa shape index (κ3) is 9.46. The van der Waals surface area contributed by atoms with Gasteiger partial charge in [0.25, 0.3) is 0 Å². The van der Waals surface area contributed by atoms with Crippen molar-refractivity contribution < 1.29 is 31.7 Å².